The van der Waals surface area contributed by atoms with Crippen molar-refractivity contribution in [3.8, 4) is 11.8 Å². The minimum Gasteiger partial charge on any atom is -0.234 e. The molecule has 0 radical (unpaired) electrons. The van der Waals surface area contributed by atoms with Crippen molar-refractivity contribution in [2.45, 2.75) is 71.0 Å². The Bertz CT molecular complexity index is 588. The lowest BCUT2D eigenvalue weighted by Gasteiger charge is -2.12. The minimum atomic E-state index is -1.24. The molecule has 0 N–H and O–H groups in total. The summed E-state index contributed by atoms with van der Waals surface area (Å²) in [6.07, 6.45) is 8.94. The molecule has 0 saturated heterocycles. The van der Waals surface area contributed by atoms with Gasteiger partial charge in [0.15, 0.2) is 0 Å². The third-order valence-corrected chi connectivity index (χ3v) is 4.75. The van der Waals surface area contributed by atoms with Gasteiger partial charge in [0.05, 0.1) is 4.75 Å². The molecule has 0 aliphatic heterocycles. The number of hydrogen-bond acceptors (Lipinski definition) is 1. The van der Waals surface area contributed by atoms with Crippen LogP contribution in [0.5, 0.6) is 0 Å². The molecule has 0 aliphatic carbocycles. The third-order valence-electron chi connectivity index (χ3n) is 3.40. The van der Waals surface area contributed by atoms with Crippen LogP contribution in [0.4, 0.5) is 0 Å². The quantitative estimate of drug-likeness (QED) is 0.380. The summed E-state index contributed by atoms with van der Waals surface area (Å²) in [7, 11) is -1.24. The Morgan fingerprint density at radius 2 is 1.83 bits per heavy atom. The predicted octanol–water partition coefficient (Wildman–Crippen LogP) is 5.28. The standard InChI is InChI=1S/C20H29NOS/c1-5-6-7-8-9-10-11-14-18-15-12-13-16-19(18)17-21-23(22)20(2,3)4/h12-13,15-17H,5-10H2,1-4H3/b21-17+. The maximum atomic E-state index is 12.0. The number of nitrogens with zero attached hydrogens (tertiary/aromatic N) is 1. The van der Waals surface area contributed by atoms with Gasteiger partial charge in [0, 0.05) is 23.8 Å². The van der Waals surface area contributed by atoms with Crippen LogP contribution in [-0.2, 0) is 11.0 Å². The number of benzene rings is 1. The first-order valence-corrected chi connectivity index (χ1v) is 9.59. The van der Waals surface area contributed by atoms with Crippen molar-refractivity contribution in [3.63, 3.8) is 0 Å². The monoisotopic (exact) mass is 331 g/mol. The van der Waals surface area contributed by atoms with Crippen molar-refractivity contribution in [3.05, 3.63) is 35.4 Å². The van der Waals surface area contributed by atoms with Crippen molar-refractivity contribution in [1.82, 2.24) is 0 Å². The fraction of sp³-hybridized carbons (Fsp3) is 0.550. The Kier molecular flexibility index (Phi) is 8.87. The Labute approximate surface area is 144 Å². The van der Waals surface area contributed by atoms with Gasteiger partial charge in [-0.2, -0.15) is 4.40 Å². The molecule has 0 heterocycles. The normalized spacial score (nSPS) is 12.9. The molecule has 0 aliphatic rings. The number of unbranched alkanes of at least 4 members (excludes halogenated alkanes) is 5. The lowest BCUT2D eigenvalue weighted by Crippen LogP contribution is -2.19. The number of hydrogen-bond donors (Lipinski definition) is 0. The highest BCUT2D eigenvalue weighted by Crippen LogP contribution is 2.13. The molecule has 1 unspecified atom stereocenters. The molecule has 2 nitrogen and oxygen atoms in total. The van der Waals surface area contributed by atoms with E-state index in [-0.39, 0.29) is 4.75 Å². The summed E-state index contributed by atoms with van der Waals surface area (Å²) in [5.41, 5.74) is 1.89. The fourth-order valence-electron chi connectivity index (χ4n) is 1.96. The summed E-state index contributed by atoms with van der Waals surface area (Å²) < 4.78 is 15.9. The Balaban J connectivity index is 2.64. The van der Waals surface area contributed by atoms with Crippen molar-refractivity contribution in [2.75, 3.05) is 0 Å². The van der Waals surface area contributed by atoms with Crippen molar-refractivity contribution in [2.24, 2.45) is 4.40 Å². The topological polar surface area (TPSA) is 29.4 Å². The second-order valence-corrected chi connectivity index (χ2v) is 8.58. The molecule has 1 aromatic rings. The van der Waals surface area contributed by atoms with Crippen LogP contribution in [0, 0.1) is 11.8 Å². The van der Waals surface area contributed by atoms with Crippen molar-refractivity contribution < 1.29 is 4.21 Å². The zero-order chi connectivity index (χ0) is 17.1. The van der Waals surface area contributed by atoms with Crippen LogP contribution in [0.2, 0.25) is 0 Å². The maximum Gasteiger partial charge on any atom is 0.144 e. The molecular formula is C20H29NOS. The smallest absolute Gasteiger partial charge is 0.144 e. The van der Waals surface area contributed by atoms with Crippen LogP contribution in [0.15, 0.2) is 28.7 Å². The highest BCUT2D eigenvalue weighted by molar-refractivity contribution is 7.85. The molecule has 0 aromatic heterocycles. The summed E-state index contributed by atoms with van der Waals surface area (Å²) in [5.74, 6) is 6.48. The van der Waals surface area contributed by atoms with Crippen LogP contribution >= 0.6 is 0 Å². The molecule has 23 heavy (non-hydrogen) atoms. The first kappa shape index (κ1) is 19.6. The summed E-state index contributed by atoms with van der Waals surface area (Å²) in [4.78, 5) is 0. The fourth-order valence-corrected chi connectivity index (χ4v) is 2.49. The first-order chi connectivity index (χ1) is 10.9. The van der Waals surface area contributed by atoms with E-state index in [9.17, 15) is 4.21 Å². The summed E-state index contributed by atoms with van der Waals surface area (Å²) in [6.45, 7) is 7.99. The first-order valence-electron chi connectivity index (χ1n) is 8.49. The van der Waals surface area contributed by atoms with E-state index in [2.05, 4.69) is 23.2 Å². The molecule has 1 aromatic carbocycles. The average molecular weight is 332 g/mol. The Hall–Kier alpha value is -1.40. The van der Waals surface area contributed by atoms with Gasteiger partial charge in [-0.25, -0.2) is 4.21 Å². The van der Waals surface area contributed by atoms with Gasteiger partial charge < -0.3 is 0 Å². The van der Waals surface area contributed by atoms with Gasteiger partial charge in [-0.1, -0.05) is 62.6 Å². The van der Waals surface area contributed by atoms with Crippen LogP contribution in [0.25, 0.3) is 0 Å². The van der Waals surface area contributed by atoms with Crippen LogP contribution in [-0.4, -0.2) is 15.2 Å². The van der Waals surface area contributed by atoms with E-state index in [4.69, 9.17) is 0 Å². The number of rotatable bonds is 7. The SMILES string of the molecule is CCCCCCCC#Cc1ccccc1/C=N/S(=O)C(C)(C)C. The predicted molar refractivity (Wildman–Crippen MR) is 102 cm³/mol. The van der Waals surface area contributed by atoms with Gasteiger partial charge in [0.2, 0.25) is 0 Å². The average Bonchev–Trinajstić information content (AvgIpc) is 2.51. The molecule has 0 amide bonds. The molecule has 126 valence electrons. The highest BCUT2D eigenvalue weighted by Gasteiger charge is 2.18. The van der Waals surface area contributed by atoms with Gasteiger partial charge in [0.25, 0.3) is 0 Å². The van der Waals surface area contributed by atoms with Crippen LogP contribution in [0.1, 0.15) is 77.3 Å². The minimum absolute atomic E-state index is 0.338. The summed E-state index contributed by atoms with van der Waals surface area (Å²) in [5, 5.41) is 0. The lowest BCUT2D eigenvalue weighted by atomic mass is 10.1. The van der Waals surface area contributed by atoms with Gasteiger partial charge in [-0.15, -0.1) is 0 Å². The van der Waals surface area contributed by atoms with E-state index in [0.717, 1.165) is 24.0 Å². The van der Waals surface area contributed by atoms with E-state index in [1.807, 2.05) is 45.0 Å². The molecule has 0 saturated carbocycles. The van der Waals surface area contributed by atoms with Gasteiger partial charge in [-0.3, -0.25) is 0 Å². The molecule has 3 heteroatoms. The third kappa shape index (κ3) is 8.13. The van der Waals surface area contributed by atoms with E-state index in [1.54, 1.807) is 6.21 Å². The molecule has 0 bridgehead atoms. The molecule has 0 fully saturated rings. The lowest BCUT2D eigenvalue weighted by molar-refractivity contribution is 0.641. The molecule has 1 atom stereocenters. The zero-order valence-electron chi connectivity index (χ0n) is 14.9. The zero-order valence-corrected chi connectivity index (χ0v) is 15.7. The van der Waals surface area contributed by atoms with Crippen LogP contribution in [0.3, 0.4) is 0 Å². The van der Waals surface area contributed by atoms with Crippen LogP contribution < -0.4 is 0 Å². The largest absolute Gasteiger partial charge is 0.234 e. The van der Waals surface area contributed by atoms with Gasteiger partial charge in [0.1, 0.15) is 11.0 Å². The van der Waals surface area contributed by atoms with E-state index < -0.39 is 11.0 Å². The molecule has 1 rings (SSSR count). The Morgan fingerprint density at radius 1 is 1.13 bits per heavy atom. The van der Waals surface area contributed by atoms with E-state index >= 15 is 0 Å². The van der Waals surface area contributed by atoms with Gasteiger partial charge >= 0.3 is 0 Å². The maximum absolute atomic E-state index is 12.0. The second kappa shape index (κ2) is 10.4. The second-order valence-electron chi connectivity index (χ2n) is 6.65. The van der Waals surface area contributed by atoms with Gasteiger partial charge in [-0.05, 0) is 33.3 Å². The Morgan fingerprint density at radius 3 is 2.52 bits per heavy atom. The molecule has 0 spiro atoms. The van der Waals surface area contributed by atoms with E-state index in [1.165, 1.54) is 25.7 Å². The summed E-state index contributed by atoms with van der Waals surface area (Å²) >= 11 is 0. The van der Waals surface area contributed by atoms with Crippen molar-refractivity contribution in [1.29, 1.82) is 0 Å². The van der Waals surface area contributed by atoms with Crippen molar-refractivity contribution >= 4 is 17.2 Å². The van der Waals surface area contributed by atoms with E-state index in [0.29, 0.717) is 0 Å². The molecular weight excluding hydrogens is 302 g/mol. The summed E-state index contributed by atoms with van der Waals surface area (Å²) in [6, 6.07) is 7.89. The highest BCUT2D eigenvalue weighted by atomic mass is 32.2.